The molecule has 1 N–H and O–H groups in total. The summed E-state index contributed by atoms with van der Waals surface area (Å²) >= 11 is 6.28. The second kappa shape index (κ2) is 9.45. The molecule has 12 heteroatoms. The summed E-state index contributed by atoms with van der Waals surface area (Å²) in [7, 11) is 0. The Hall–Kier alpha value is -3.88. The first-order valence-electron chi connectivity index (χ1n) is 12.0. The van der Waals surface area contributed by atoms with Crippen molar-refractivity contribution in [2.45, 2.75) is 18.6 Å². The normalized spacial score (nSPS) is 17.9. The van der Waals surface area contributed by atoms with Gasteiger partial charge in [-0.1, -0.05) is 17.7 Å². The van der Waals surface area contributed by atoms with Crippen molar-refractivity contribution in [3.8, 4) is 6.07 Å². The number of ether oxygens (including phenoxy) is 1. The predicted octanol–water partition coefficient (Wildman–Crippen LogP) is 4.89. The minimum absolute atomic E-state index is 0.166. The summed E-state index contributed by atoms with van der Waals surface area (Å²) in [5.74, 6) is 0.631. The molecule has 0 unspecified atom stereocenters. The van der Waals surface area contributed by atoms with Crippen molar-refractivity contribution in [3.05, 3.63) is 75.8 Å². The standard InChI is InChI=1S/C26H21ClF3N7O/c27-16-2-3-20-19(11-16)18-5-6-37(25-33-17(13-31)12-21(35-25)26(28,29)30)24(23(18)34-20)15-1-4-22(32-14-15)36-7-9-38-10-8-36/h1-4,11-12,14,24,34H,5-10H2/t24-/m0/s1. The van der Waals surface area contributed by atoms with Gasteiger partial charge >= 0.3 is 6.18 Å². The predicted molar refractivity (Wildman–Crippen MR) is 135 cm³/mol. The molecule has 6 rings (SSSR count). The molecule has 5 heterocycles. The molecule has 2 aliphatic heterocycles. The van der Waals surface area contributed by atoms with E-state index in [0.717, 1.165) is 46.6 Å². The number of pyridine rings is 1. The molecule has 1 fully saturated rings. The van der Waals surface area contributed by atoms with Crippen LogP contribution in [0.1, 0.15) is 34.3 Å². The quantitative estimate of drug-likeness (QED) is 0.396. The number of benzene rings is 1. The van der Waals surface area contributed by atoms with Crippen LogP contribution in [-0.2, 0) is 17.3 Å². The largest absolute Gasteiger partial charge is 0.433 e. The van der Waals surface area contributed by atoms with E-state index in [0.29, 0.717) is 37.3 Å². The second-order valence-corrected chi connectivity index (χ2v) is 9.59. The molecular weight excluding hydrogens is 519 g/mol. The van der Waals surface area contributed by atoms with Gasteiger partial charge in [-0.25, -0.2) is 15.0 Å². The maximum atomic E-state index is 13.6. The van der Waals surface area contributed by atoms with Crippen LogP contribution in [0.2, 0.25) is 5.02 Å². The van der Waals surface area contributed by atoms with Gasteiger partial charge in [-0.15, -0.1) is 0 Å². The fourth-order valence-corrected chi connectivity index (χ4v) is 5.30. The van der Waals surface area contributed by atoms with Crippen LogP contribution in [0.4, 0.5) is 24.9 Å². The van der Waals surface area contributed by atoms with Crippen molar-refractivity contribution >= 4 is 34.3 Å². The average Bonchev–Trinajstić information content (AvgIpc) is 3.30. The third-order valence-corrected chi connectivity index (χ3v) is 7.12. The van der Waals surface area contributed by atoms with E-state index in [2.05, 4.69) is 24.8 Å². The van der Waals surface area contributed by atoms with Gasteiger partial charge in [0.1, 0.15) is 17.6 Å². The molecule has 0 bridgehead atoms. The van der Waals surface area contributed by atoms with Crippen LogP contribution < -0.4 is 9.80 Å². The van der Waals surface area contributed by atoms with E-state index in [-0.39, 0.29) is 11.6 Å². The Labute approximate surface area is 220 Å². The van der Waals surface area contributed by atoms with E-state index < -0.39 is 17.9 Å². The third kappa shape index (κ3) is 4.40. The van der Waals surface area contributed by atoms with Gasteiger partial charge in [0.2, 0.25) is 5.95 Å². The molecule has 2 aliphatic rings. The Morgan fingerprint density at radius 2 is 1.89 bits per heavy atom. The zero-order valence-electron chi connectivity index (χ0n) is 20.0. The number of aromatic nitrogens is 4. The number of nitriles is 1. The van der Waals surface area contributed by atoms with Crippen LogP contribution in [-0.4, -0.2) is 52.8 Å². The number of hydrogen-bond donors (Lipinski definition) is 1. The highest BCUT2D eigenvalue weighted by molar-refractivity contribution is 6.31. The van der Waals surface area contributed by atoms with Gasteiger partial charge in [0.15, 0.2) is 5.69 Å². The van der Waals surface area contributed by atoms with Gasteiger partial charge in [-0.2, -0.15) is 18.4 Å². The fourth-order valence-electron chi connectivity index (χ4n) is 5.13. The Kier molecular flexibility index (Phi) is 6.08. The lowest BCUT2D eigenvalue weighted by Gasteiger charge is -2.36. The van der Waals surface area contributed by atoms with Crippen LogP contribution in [0.15, 0.2) is 42.6 Å². The van der Waals surface area contributed by atoms with Crippen molar-refractivity contribution in [1.29, 1.82) is 5.26 Å². The number of nitrogens with one attached hydrogen (secondary N) is 1. The number of halogens is 4. The van der Waals surface area contributed by atoms with Gasteiger partial charge in [0.05, 0.1) is 19.3 Å². The summed E-state index contributed by atoms with van der Waals surface area (Å²) in [6.07, 6.45) is -2.47. The minimum Gasteiger partial charge on any atom is -0.378 e. The van der Waals surface area contributed by atoms with Crippen LogP contribution in [0.25, 0.3) is 10.9 Å². The van der Waals surface area contributed by atoms with Gasteiger partial charge < -0.3 is 19.5 Å². The van der Waals surface area contributed by atoms with Crippen LogP contribution in [0, 0.1) is 11.3 Å². The lowest BCUT2D eigenvalue weighted by atomic mass is 9.93. The highest BCUT2D eigenvalue weighted by Crippen LogP contribution is 2.41. The minimum atomic E-state index is -4.72. The highest BCUT2D eigenvalue weighted by atomic mass is 35.5. The Balaban J connectivity index is 1.49. The molecule has 0 aliphatic carbocycles. The Morgan fingerprint density at radius 1 is 1.08 bits per heavy atom. The number of nitrogens with zero attached hydrogens (tertiary/aromatic N) is 6. The molecule has 0 amide bonds. The molecule has 194 valence electrons. The molecule has 0 spiro atoms. The molecule has 1 saturated heterocycles. The topological polar surface area (TPSA) is 94.0 Å². The van der Waals surface area contributed by atoms with E-state index in [4.69, 9.17) is 16.3 Å². The Bertz CT molecular complexity index is 1540. The van der Waals surface area contributed by atoms with E-state index in [1.165, 1.54) is 0 Å². The molecule has 1 atom stereocenters. The summed E-state index contributed by atoms with van der Waals surface area (Å²) in [6, 6.07) is 11.2. The van der Waals surface area contributed by atoms with Crippen molar-refractivity contribution in [3.63, 3.8) is 0 Å². The first kappa shape index (κ1) is 24.5. The lowest BCUT2D eigenvalue weighted by molar-refractivity contribution is -0.141. The molecule has 0 saturated carbocycles. The van der Waals surface area contributed by atoms with Crippen molar-refractivity contribution < 1.29 is 17.9 Å². The molecule has 4 aromatic rings. The van der Waals surface area contributed by atoms with Gasteiger partial charge in [-0.3, -0.25) is 0 Å². The average molecular weight is 540 g/mol. The zero-order chi connectivity index (χ0) is 26.4. The molecule has 8 nitrogen and oxygen atoms in total. The first-order valence-corrected chi connectivity index (χ1v) is 12.4. The van der Waals surface area contributed by atoms with Gasteiger partial charge in [-0.05, 0) is 41.8 Å². The van der Waals surface area contributed by atoms with Gasteiger partial charge in [0.25, 0.3) is 0 Å². The molecule has 0 radical (unpaired) electrons. The molecule has 1 aromatic carbocycles. The molecule has 3 aromatic heterocycles. The number of rotatable bonds is 3. The second-order valence-electron chi connectivity index (χ2n) is 9.15. The van der Waals surface area contributed by atoms with Crippen molar-refractivity contribution in [2.75, 3.05) is 42.6 Å². The fraction of sp³-hybridized carbons (Fsp3) is 0.308. The van der Waals surface area contributed by atoms with Gasteiger partial charge in [0, 0.05) is 53.5 Å². The molecular formula is C26H21ClF3N7O. The van der Waals surface area contributed by atoms with Crippen LogP contribution in [0.3, 0.4) is 0 Å². The van der Waals surface area contributed by atoms with Crippen molar-refractivity contribution in [2.24, 2.45) is 0 Å². The highest BCUT2D eigenvalue weighted by Gasteiger charge is 2.38. The Morgan fingerprint density at radius 3 is 2.61 bits per heavy atom. The number of hydrogen-bond acceptors (Lipinski definition) is 7. The third-order valence-electron chi connectivity index (χ3n) is 6.89. The van der Waals surface area contributed by atoms with E-state index in [1.807, 2.05) is 24.3 Å². The van der Waals surface area contributed by atoms with E-state index in [1.54, 1.807) is 23.2 Å². The number of fused-ring (bicyclic) bond motifs is 3. The number of aromatic amines is 1. The molecule has 38 heavy (non-hydrogen) atoms. The van der Waals surface area contributed by atoms with Crippen LogP contribution >= 0.6 is 11.6 Å². The summed E-state index contributed by atoms with van der Waals surface area (Å²) in [5, 5.41) is 10.9. The number of H-pyrrole nitrogens is 1. The van der Waals surface area contributed by atoms with E-state index in [9.17, 15) is 18.4 Å². The summed E-state index contributed by atoms with van der Waals surface area (Å²) in [4.78, 5) is 20.0. The number of morpholine rings is 1. The summed E-state index contributed by atoms with van der Waals surface area (Å²) < 4.78 is 46.4. The summed E-state index contributed by atoms with van der Waals surface area (Å²) in [6.45, 7) is 3.02. The monoisotopic (exact) mass is 539 g/mol. The first-order chi connectivity index (χ1) is 18.3. The maximum absolute atomic E-state index is 13.6. The summed E-state index contributed by atoms with van der Waals surface area (Å²) in [5.41, 5.74) is 1.93. The van der Waals surface area contributed by atoms with E-state index >= 15 is 0 Å². The number of anilines is 2. The maximum Gasteiger partial charge on any atom is 0.433 e. The SMILES string of the molecule is N#Cc1cc(C(F)(F)F)nc(N2CCc3c([nH]c4ccc(Cl)cc34)[C@@H]2c2ccc(N3CCOCC3)nc2)n1. The smallest absolute Gasteiger partial charge is 0.378 e. The van der Waals surface area contributed by atoms with Crippen LogP contribution in [0.5, 0.6) is 0 Å². The van der Waals surface area contributed by atoms with Crippen molar-refractivity contribution in [1.82, 2.24) is 19.9 Å². The lowest BCUT2D eigenvalue weighted by Crippen LogP contribution is -2.38. The zero-order valence-corrected chi connectivity index (χ0v) is 20.7. The number of alkyl halides is 3.